The van der Waals surface area contributed by atoms with E-state index < -0.39 is 59.7 Å². The number of nitrogens with two attached hydrogens (primary N) is 4. The number of nitrogens with zero attached hydrogens (tertiary/aromatic N) is 2. The van der Waals surface area contributed by atoms with E-state index >= 15 is 0 Å². The van der Waals surface area contributed by atoms with Crippen LogP contribution in [0.2, 0.25) is 0 Å². The fourth-order valence-electron chi connectivity index (χ4n) is 4.80. The molecule has 1 aliphatic heterocycles. The zero-order valence-corrected chi connectivity index (χ0v) is 22.8. The Morgan fingerprint density at radius 1 is 0.575 bits per heavy atom. The van der Waals surface area contributed by atoms with Gasteiger partial charge in [-0.1, -0.05) is 0 Å². The van der Waals surface area contributed by atoms with Crippen LogP contribution in [0.5, 0.6) is 0 Å². The molecule has 0 bridgehead atoms. The van der Waals surface area contributed by atoms with Crippen molar-refractivity contribution < 1.29 is 39.0 Å². The molecule has 12 N–H and O–H groups in total. The van der Waals surface area contributed by atoms with Gasteiger partial charge in [-0.15, -0.1) is 0 Å². The van der Waals surface area contributed by atoms with Crippen molar-refractivity contribution >= 4 is 35.6 Å². The van der Waals surface area contributed by atoms with Gasteiger partial charge < -0.3 is 43.8 Å². The van der Waals surface area contributed by atoms with E-state index in [1.165, 1.54) is 0 Å². The average molecular weight is 573 g/mol. The minimum absolute atomic E-state index is 0.00582. The predicted molar refractivity (Wildman–Crippen MR) is 143 cm³/mol. The van der Waals surface area contributed by atoms with Crippen LogP contribution in [-0.4, -0.2) is 119 Å². The molecule has 0 aromatic heterocycles. The molecule has 0 aliphatic carbocycles. The SMILES string of the molecule is NC(=O)CC[C@H]1CN(CC(=O)O)[C@@H](CCC(N)=O)CN[C@@H](CCC(N)=O)CN(CC(=O)O)[C@@H](CCC(N)=O)CN1. The van der Waals surface area contributed by atoms with Crippen molar-refractivity contribution in [1.82, 2.24) is 20.4 Å². The first-order chi connectivity index (χ1) is 18.8. The summed E-state index contributed by atoms with van der Waals surface area (Å²) in [6.45, 7) is -0.000875. The first-order valence-corrected chi connectivity index (χ1v) is 13.3. The third-order valence-electron chi connectivity index (χ3n) is 6.83. The second-order valence-electron chi connectivity index (χ2n) is 10.2. The molecule has 0 saturated carbocycles. The van der Waals surface area contributed by atoms with Gasteiger partial charge in [-0.2, -0.15) is 0 Å². The Kier molecular flexibility index (Phi) is 15.7. The number of hydrogen-bond acceptors (Lipinski definition) is 10. The van der Waals surface area contributed by atoms with Gasteiger partial charge in [0.15, 0.2) is 0 Å². The summed E-state index contributed by atoms with van der Waals surface area (Å²) < 4.78 is 0. The number of aliphatic carboxylic acids is 2. The van der Waals surface area contributed by atoms with Gasteiger partial charge in [0.05, 0.1) is 13.1 Å². The maximum absolute atomic E-state index is 11.8. The first kappa shape index (κ1) is 34.7. The number of carboxylic acids is 2. The summed E-state index contributed by atoms with van der Waals surface area (Å²) in [5.74, 6) is -4.39. The van der Waals surface area contributed by atoms with Crippen molar-refractivity contribution in [3.63, 3.8) is 0 Å². The van der Waals surface area contributed by atoms with Crippen LogP contribution in [0, 0.1) is 0 Å². The third-order valence-corrected chi connectivity index (χ3v) is 6.83. The van der Waals surface area contributed by atoms with Gasteiger partial charge in [0.25, 0.3) is 0 Å². The van der Waals surface area contributed by atoms with Crippen LogP contribution in [-0.2, 0) is 28.8 Å². The Balaban J connectivity index is 3.47. The largest absolute Gasteiger partial charge is 0.480 e. The molecule has 1 heterocycles. The second-order valence-corrected chi connectivity index (χ2v) is 10.2. The van der Waals surface area contributed by atoms with Gasteiger partial charge in [0.2, 0.25) is 23.6 Å². The van der Waals surface area contributed by atoms with Crippen LogP contribution in [0.4, 0.5) is 0 Å². The number of carbonyl (C=O) groups is 6. The summed E-state index contributed by atoms with van der Waals surface area (Å²) in [4.78, 5) is 73.2. The van der Waals surface area contributed by atoms with E-state index in [0.717, 1.165) is 0 Å². The topological polar surface area (TPSA) is 278 Å². The van der Waals surface area contributed by atoms with Crippen molar-refractivity contribution in [2.45, 2.75) is 75.5 Å². The number of nitrogens with one attached hydrogen (secondary N) is 2. The van der Waals surface area contributed by atoms with E-state index in [0.29, 0.717) is 0 Å². The Bertz CT molecular complexity index is 819. The molecule has 0 aromatic carbocycles. The van der Waals surface area contributed by atoms with E-state index in [4.69, 9.17) is 22.9 Å². The van der Waals surface area contributed by atoms with E-state index in [1.54, 1.807) is 9.80 Å². The van der Waals surface area contributed by atoms with Crippen molar-refractivity contribution in [3.8, 4) is 0 Å². The van der Waals surface area contributed by atoms with Gasteiger partial charge in [0, 0.05) is 76.0 Å². The molecule has 0 unspecified atom stereocenters. The number of primary amides is 4. The summed E-state index contributed by atoms with van der Waals surface area (Å²) >= 11 is 0. The van der Waals surface area contributed by atoms with Crippen LogP contribution in [0.15, 0.2) is 0 Å². The lowest BCUT2D eigenvalue weighted by Gasteiger charge is -2.39. The lowest BCUT2D eigenvalue weighted by atomic mass is 10.0. The molecule has 40 heavy (non-hydrogen) atoms. The van der Waals surface area contributed by atoms with Crippen LogP contribution in [0.1, 0.15) is 51.4 Å². The molecule has 4 amide bonds. The maximum Gasteiger partial charge on any atom is 0.317 e. The molecular weight excluding hydrogens is 528 g/mol. The monoisotopic (exact) mass is 572 g/mol. The van der Waals surface area contributed by atoms with Crippen molar-refractivity contribution in [2.24, 2.45) is 22.9 Å². The average Bonchev–Trinajstić information content (AvgIpc) is 2.82. The van der Waals surface area contributed by atoms with Gasteiger partial charge in [-0.05, 0) is 25.7 Å². The number of amides is 4. The van der Waals surface area contributed by atoms with Gasteiger partial charge in [0.1, 0.15) is 0 Å². The predicted octanol–water partition coefficient (Wildman–Crippen LogP) is -3.51. The Morgan fingerprint density at radius 3 is 1.15 bits per heavy atom. The van der Waals surface area contributed by atoms with Crippen LogP contribution >= 0.6 is 0 Å². The zero-order valence-electron chi connectivity index (χ0n) is 22.8. The molecule has 228 valence electrons. The maximum atomic E-state index is 11.8. The number of carbonyl (C=O) groups excluding carboxylic acids is 4. The summed E-state index contributed by atoms with van der Waals surface area (Å²) in [6.07, 6.45) is 1.03. The Hall–Kier alpha value is -3.34. The molecule has 1 fully saturated rings. The van der Waals surface area contributed by atoms with Crippen LogP contribution in [0.25, 0.3) is 0 Å². The molecule has 1 aliphatic rings. The minimum Gasteiger partial charge on any atom is -0.480 e. The summed E-state index contributed by atoms with van der Waals surface area (Å²) in [5.41, 5.74) is 21.5. The fraction of sp³-hybridized carbons (Fsp3) is 0.750. The van der Waals surface area contributed by atoms with E-state index in [-0.39, 0.29) is 90.6 Å². The highest BCUT2D eigenvalue weighted by Gasteiger charge is 2.30. The Morgan fingerprint density at radius 2 is 0.875 bits per heavy atom. The molecule has 16 heteroatoms. The van der Waals surface area contributed by atoms with Crippen molar-refractivity contribution in [1.29, 1.82) is 0 Å². The lowest BCUT2D eigenvalue weighted by molar-refractivity contribution is -0.139. The highest BCUT2D eigenvalue weighted by atomic mass is 16.4. The lowest BCUT2D eigenvalue weighted by Crippen LogP contribution is -2.57. The van der Waals surface area contributed by atoms with Crippen molar-refractivity contribution in [2.75, 3.05) is 39.3 Å². The minimum atomic E-state index is -1.10. The van der Waals surface area contributed by atoms with E-state index in [1.807, 2.05) is 0 Å². The quantitative estimate of drug-likeness (QED) is 0.0894. The summed E-state index contributed by atoms with van der Waals surface area (Å²) in [7, 11) is 0. The molecule has 0 spiro atoms. The van der Waals surface area contributed by atoms with E-state index in [2.05, 4.69) is 10.6 Å². The van der Waals surface area contributed by atoms with Crippen LogP contribution in [0.3, 0.4) is 0 Å². The Labute approximate surface area is 233 Å². The van der Waals surface area contributed by atoms with Gasteiger partial charge in [-0.3, -0.25) is 38.6 Å². The number of hydrogen-bond donors (Lipinski definition) is 8. The number of rotatable bonds is 16. The smallest absolute Gasteiger partial charge is 0.317 e. The normalized spacial score (nSPS) is 23.4. The summed E-state index contributed by atoms with van der Waals surface area (Å²) in [5, 5.41) is 25.9. The molecule has 16 nitrogen and oxygen atoms in total. The molecule has 1 rings (SSSR count). The van der Waals surface area contributed by atoms with Crippen LogP contribution < -0.4 is 33.6 Å². The zero-order chi connectivity index (χ0) is 30.2. The highest BCUT2D eigenvalue weighted by molar-refractivity contribution is 5.75. The molecule has 0 aromatic rings. The second kappa shape index (κ2) is 18.1. The van der Waals surface area contributed by atoms with E-state index in [9.17, 15) is 39.0 Å². The van der Waals surface area contributed by atoms with Crippen molar-refractivity contribution in [3.05, 3.63) is 0 Å². The third kappa shape index (κ3) is 15.3. The fourth-order valence-corrected chi connectivity index (χ4v) is 4.80. The first-order valence-electron chi connectivity index (χ1n) is 13.3. The van der Waals surface area contributed by atoms with Gasteiger partial charge in [-0.25, -0.2) is 0 Å². The standard InChI is InChI=1S/C24H44N8O8/c25-19(33)5-1-15-11-31(13-23(37)38)18(4-8-22(28)36)10-30-16(2-6-20(26)34)12-32(14-24(39)40)17(9-29-15)3-7-21(27)35/h15-18,29-30H,1-14H2,(H2,25,33)(H2,26,34)(H2,27,35)(H2,28,36)(H,37,38)(H,39,40)/t15-,16-,17-,18-/m0/s1. The molecule has 0 radical (unpaired) electrons. The highest BCUT2D eigenvalue weighted by Crippen LogP contribution is 2.15. The summed E-state index contributed by atoms with van der Waals surface area (Å²) in [6, 6.07) is -1.82. The number of carboxylic acid groups (broad SMARTS) is 2. The molecule has 1 saturated heterocycles. The van der Waals surface area contributed by atoms with Gasteiger partial charge >= 0.3 is 11.9 Å². The molecule has 4 atom stereocenters. The molecular formula is C24H44N8O8.